The third kappa shape index (κ3) is 2.35. The molecule has 0 fully saturated rings. The van der Waals surface area contributed by atoms with Crippen molar-refractivity contribution < 1.29 is 25.8 Å². The van der Waals surface area contributed by atoms with Gasteiger partial charge in [0.25, 0.3) is 0 Å². The lowest BCUT2D eigenvalue weighted by Crippen LogP contribution is -2.28. The molecule has 0 aliphatic rings. The van der Waals surface area contributed by atoms with E-state index >= 15 is 0 Å². The SMILES string of the molecule is O=S(=O)(Oc1cccc2ncc3ccccc3c12)C(F)(F)F. The lowest BCUT2D eigenvalue weighted by molar-refractivity contribution is -0.0499. The minimum absolute atomic E-state index is 0.216. The summed E-state index contributed by atoms with van der Waals surface area (Å²) in [5.74, 6) is -0.404. The number of alkyl halides is 3. The first-order valence-electron chi connectivity index (χ1n) is 6.07. The largest absolute Gasteiger partial charge is 0.534 e. The van der Waals surface area contributed by atoms with Crippen LogP contribution in [0.1, 0.15) is 0 Å². The summed E-state index contributed by atoms with van der Waals surface area (Å²) in [4.78, 5) is 4.11. The molecule has 0 aliphatic heterocycles. The number of halogens is 3. The topological polar surface area (TPSA) is 56.3 Å². The molecule has 1 aromatic heterocycles. The average molecular weight is 327 g/mol. The quantitative estimate of drug-likeness (QED) is 0.410. The van der Waals surface area contributed by atoms with E-state index in [-0.39, 0.29) is 5.39 Å². The van der Waals surface area contributed by atoms with E-state index in [0.29, 0.717) is 16.3 Å². The van der Waals surface area contributed by atoms with Crippen LogP contribution in [0.15, 0.2) is 48.7 Å². The van der Waals surface area contributed by atoms with Gasteiger partial charge >= 0.3 is 15.6 Å². The molecular formula is C14H8F3NO3S. The number of fused-ring (bicyclic) bond motifs is 3. The Morgan fingerprint density at radius 3 is 2.45 bits per heavy atom. The van der Waals surface area contributed by atoms with Crippen LogP contribution in [0, 0.1) is 0 Å². The first-order chi connectivity index (χ1) is 10.3. The van der Waals surface area contributed by atoms with Gasteiger partial charge in [-0.3, -0.25) is 4.98 Å². The minimum Gasteiger partial charge on any atom is -0.375 e. The van der Waals surface area contributed by atoms with Crippen LogP contribution in [-0.2, 0) is 10.1 Å². The fraction of sp³-hybridized carbons (Fsp3) is 0.0714. The van der Waals surface area contributed by atoms with Gasteiger partial charge in [-0.15, -0.1) is 0 Å². The van der Waals surface area contributed by atoms with Crippen LogP contribution < -0.4 is 4.18 Å². The van der Waals surface area contributed by atoms with E-state index in [2.05, 4.69) is 9.17 Å². The highest BCUT2D eigenvalue weighted by molar-refractivity contribution is 7.88. The molecule has 0 aliphatic carbocycles. The van der Waals surface area contributed by atoms with Gasteiger partial charge in [0, 0.05) is 11.6 Å². The van der Waals surface area contributed by atoms with Crippen molar-refractivity contribution in [2.75, 3.05) is 0 Å². The lowest BCUT2D eigenvalue weighted by atomic mass is 10.1. The Morgan fingerprint density at radius 1 is 1.00 bits per heavy atom. The van der Waals surface area contributed by atoms with E-state index in [1.54, 1.807) is 36.5 Å². The maximum atomic E-state index is 12.5. The molecule has 3 rings (SSSR count). The van der Waals surface area contributed by atoms with Crippen molar-refractivity contribution in [3.05, 3.63) is 48.7 Å². The van der Waals surface area contributed by atoms with Crippen molar-refractivity contribution in [3.63, 3.8) is 0 Å². The second kappa shape index (κ2) is 4.84. The van der Waals surface area contributed by atoms with E-state index in [1.165, 1.54) is 12.1 Å². The fourth-order valence-electron chi connectivity index (χ4n) is 2.11. The molecule has 1 heterocycles. The number of nitrogens with zero attached hydrogens (tertiary/aromatic N) is 1. The van der Waals surface area contributed by atoms with Crippen molar-refractivity contribution in [2.24, 2.45) is 0 Å². The number of aromatic nitrogens is 1. The van der Waals surface area contributed by atoms with Crippen LogP contribution in [0.5, 0.6) is 5.75 Å². The molecular weight excluding hydrogens is 319 g/mol. The molecule has 0 unspecified atom stereocenters. The summed E-state index contributed by atoms with van der Waals surface area (Å²) < 4.78 is 64.3. The fourth-order valence-corrected chi connectivity index (χ4v) is 2.58. The molecule has 8 heteroatoms. The number of hydrogen-bond donors (Lipinski definition) is 0. The highest BCUT2D eigenvalue weighted by Gasteiger charge is 2.48. The molecule has 4 nitrogen and oxygen atoms in total. The second-order valence-corrected chi connectivity index (χ2v) is 6.02. The predicted octanol–water partition coefficient (Wildman–Crippen LogP) is 3.62. The van der Waals surface area contributed by atoms with E-state index < -0.39 is 21.4 Å². The van der Waals surface area contributed by atoms with Gasteiger partial charge < -0.3 is 4.18 Å². The van der Waals surface area contributed by atoms with Crippen LogP contribution >= 0.6 is 0 Å². The lowest BCUT2D eigenvalue weighted by Gasteiger charge is -2.12. The summed E-state index contributed by atoms with van der Waals surface area (Å²) >= 11 is 0. The van der Waals surface area contributed by atoms with Gasteiger partial charge in [-0.1, -0.05) is 30.3 Å². The molecule has 0 bridgehead atoms. The Balaban J connectivity index is 2.29. The molecule has 0 saturated heterocycles. The van der Waals surface area contributed by atoms with Crippen molar-refractivity contribution >= 4 is 31.8 Å². The smallest absolute Gasteiger partial charge is 0.375 e. The van der Waals surface area contributed by atoms with E-state index in [9.17, 15) is 21.6 Å². The summed E-state index contributed by atoms with van der Waals surface area (Å²) in [6.45, 7) is 0. The molecule has 0 radical (unpaired) electrons. The van der Waals surface area contributed by atoms with Crippen molar-refractivity contribution in [2.45, 2.75) is 5.51 Å². The van der Waals surface area contributed by atoms with E-state index in [1.807, 2.05) is 0 Å². The van der Waals surface area contributed by atoms with Gasteiger partial charge in [0.05, 0.1) is 10.9 Å². The molecule has 0 spiro atoms. The number of rotatable bonds is 2. The summed E-state index contributed by atoms with van der Waals surface area (Å²) in [6.07, 6.45) is 1.56. The molecule has 0 atom stereocenters. The van der Waals surface area contributed by atoms with Crippen molar-refractivity contribution in [1.29, 1.82) is 0 Å². The van der Waals surface area contributed by atoms with Gasteiger partial charge in [0.2, 0.25) is 0 Å². The molecule has 22 heavy (non-hydrogen) atoms. The van der Waals surface area contributed by atoms with Crippen LogP contribution in [0.3, 0.4) is 0 Å². The molecule has 3 aromatic rings. The Labute approximate surface area is 123 Å². The maximum Gasteiger partial charge on any atom is 0.534 e. The first kappa shape index (κ1) is 14.6. The maximum absolute atomic E-state index is 12.5. The predicted molar refractivity (Wildman–Crippen MR) is 74.9 cm³/mol. The Hall–Kier alpha value is -2.35. The van der Waals surface area contributed by atoms with Crippen LogP contribution in [0.25, 0.3) is 21.7 Å². The Kier molecular flexibility index (Phi) is 3.21. The number of benzene rings is 2. The zero-order valence-electron chi connectivity index (χ0n) is 10.8. The van der Waals surface area contributed by atoms with Gasteiger partial charge in [-0.2, -0.15) is 21.6 Å². The Bertz CT molecular complexity index is 968. The zero-order valence-corrected chi connectivity index (χ0v) is 11.6. The number of hydrogen-bond acceptors (Lipinski definition) is 4. The average Bonchev–Trinajstić information content (AvgIpc) is 2.45. The van der Waals surface area contributed by atoms with Gasteiger partial charge in [0.15, 0.2) is 5.75 Å². The van der Waals surface area contributed by atoms with Crippen LogP contribution in [-0.4, -0.2) is 18.9 Å². The van der Waals surface area contributed by atoms with Crippen LogP contribution in [0.4, 0.5) is 13.2 Å². The standard InChI is InChI=1S/C14H8F3NO3S/c15-14(16,17)22(19,20)21-12-7-3-6-11-13(12)10-5-2-1-4-9(10)8-18-11/h1-8H. The van der Waals surface area contributed by atoms with Crippen molar-refractivity contribution in [1.82, 2.24) is 4.98 Å². The van der Waals surface area contributed by atoms with Crippen LogP contribution in [0.2, 0.25) is 0 Å². The van der Waals surface area contributed by atoms with Crippen molar-refractivity contribution in [3.8, 4) is 5.75 Å². The third-order valence-electron chi connectivity index (χ3n) is 3.06. The molecule has 2 aromatic carbocycles. The zero-order chi connectivity index (χ0) is 16.0. The Morgan fingerprint density at radius 2 is 1.73 bits per heavy atom. The monoisotopic (exact) mass is 327 g/mol. The molecule has 0 N–H and O–H groups in total. The summed E-state index contributed by atoms with van der Waals surface area (Å²) in [7, 11) is -5.74. The van der Waals surface area contributed by atoms with Gasteiger partial charge in [0.1, 0.15) is 0 Å². The molecule has 0 saturated carbocycles. The third-order valence-corrected chi connectivity index (χ3v) is 4.03. The van der Waals surface area contributed by atoms with Gasteiger partial charge in [-0.05, 0) is 17.5 Å². The highest BCUT2D eigenvalue weighted by atomic mass is 32.2. The first-order valence-corrected chi connectivity index (χ1v) is 7.48. The number of pyridine rings is 1. The highest BCUT2D eigenvalue weighted by Crippen LogP contribution is 2.34. The minimum atomic E-state index is -5.74. The normalized spacial score (nSPS) is 12.7. The summed E-state index contributed by atoms with van der Waals surface area (Å²) in [5, 5.41) is 1.43. The molecule has 114 valence electrons. The molecule has 0 amide bonds. The van der Waals surface area contributed by atoms with Gasteiger partial charge in [-0.25, -0.2) is 0 Å². The summed E-state index contributed by atoms with van der Waals surface area (Å²) in [5.41, 5.74) is -5.15. The van der Waals surface area contributed by atoms with E-state index in [0.717, 1.165) is 0 Å². The van der Waals surface area contributed by atoms with E-state index in [4.69, 9.17) is 0 Å². The second-order valence-electron chi connectivity index (χ2n) is 4.48. The summed E-state index contributed by atoms with van der Waals surface area (Å²) in [6, 6.07) is 10.9.